The van der Waals surface area contributed by atoms with Gasteiger partial charge in [-0.05, 0) is 42.8 Å². The molecule has 34 heavy (non-hydrogen) atoms. The number of methoxy groups -OCH3 is 6. The van der Waals surface area contributed by atoms with E-state index in [1.54, 1.807) is 43.3 Å². The Morgan fingerprint density at radius 2 is 1.38 bits per heavy atom. The fraction of sp³-hybridized carbons (Fsp3) is 0.280. The molecule has 0 atom stereocenters. The highest BCUT2D eigenvalue weighted by molar-refractivity contribution is 6.23. The minimum Gasteiger partial charge on any atom is -0.493 e. The molecule has 2 aromatic rings. The number of carbonyl (C=O) groups excluding carboxylic acids is 2. The summed E-state index contributed by atoms with van der Waals surface area (Å²) in [7, 11) is 8.79. The lowest BCUT2D eigenvalue weighted by molar-refractivity contribution is -0.136. The lowest BCUT2D eigenvalue weighted by Gasteiger charge is -2.19. The van der Waals surface area contributed by atoms with Crippen LogP contribution < -0.4 is 28.6 Å². The van der Waals surface area contributed by atoms with E-state index in [2.05, 4.69) is 0 Å². The first kappa shape index (κ1) is 24.5. The van der Waals surface area contributed by atoms with E-state index in [4.69, 9.17) is 28.4 Å². The van der Waals surface area contributed by atoms with Gasteiger partial charge < -0.3 is 28.4 Å². The molecule has 0 saturated heterocycles. The lowest BCUT2D eigenvalue weighted by atomic mass is 10.0. The van der Waals surface area contributed by atoms with Crippen molar-refractivity contribution in [3.63, 3.8) is 0 Å². The molecule has 0 fully saturated rings. The predicted octanol–water partition coefficient (Wildman–Crippen LogP) is 3.61. The highest BCUT2D eigenvalue weighted by Gasteiger charge is 2.38. The third kappa shape index (κ3) is 4.24. The minimum atomic E-state index is -0.632. The highest BCUT2D eigenvalue weighted by Crippen LogP contribution is 2.41. The van der Waals surface area contributed by atoms with Gasteiger partial charge in [0.15, 0.2) is 23.0 Å². The number of esters is 1. The van der Waals surface area contributed by atoms with E-state index < -0.39 is 11.9 Å². The minimum absolute atomic E-state index is 0.149. The van der Waals surface area contributed by atoms with Crippen LogP contribution in [0, 0.1) is 0 Å². The standard InChI is InChI=1S/C25H27NO8/c1-14-22(25(28)34-7)17(10-15-11-20(31-4)23(33-6)21(12-15)32-5)24(27)26(14)16-8-9-18(29-2)19(13-16)30-3/h8-13H,1-7H3/b17-10-. The van der Waals surface area contributed by atoms with Crippen molar-refractivity contribution in [2.75, 3.05) is 47.6 Å². The topological polar surface area (TPSA) is 92.8 Å². The van der Waals surface area contributed by atoms with Gasteiger partial charge in [-0.1, -0.05) is 0 Å². The molecule has 0 bridgehead atoms. The Labute approximate surface area is 198 Å². The monoisotopic (exact) mass is 469 g/mol. The van der Waals surface area contributed by atoms with Crippen molar-refractivity contribution < 1.29 is 38.0 Å². The fourth-order valence-corrected chi connectivity index (χ4v) is 3.81. The first-order valence-electron chi connectivity index (χ1n) is 10.2. The number of allylic oxidation sites excluding steroid dienone is 1. The van der Waals surface area contributed by atoms with E-state index in [9.17, 15) is 9.59 Å². The van der Waals surface area contributed by atoms with E-state index in [0.29, 0.717) is 45.7 Å². The molecule has 1 aliphatic rings. The van der Waals surface area contributed by atoms with Crippen molar-refractivity contribution in [1.82, 2.24) is 0 Å². The molecule has 0 aliphatic carbocycles. The average molecular weight is 469 g/mol. The number of anilines is 1. The largest absolute Gasteiger partial charge is 0.493 e. The van der Waals surface area contributed by atoms with Crippen LogP contribution in [0.25, 0.3) is 6.08 Å². The molecular formula is C25H27NO8. The maximum absolute atomic E-state index is 13.6. The molecule has 0 saturated carbocycles. The van der Waals surface area contributed by atoms with Gasteiger partial charge in [0.1, 0.15) is 0 Å². The van der Waals surface area contributed by atoms with Gasteiger partial charge in [-0.15, -0.1) is 0 Å². The summed E-state index contributed by atoms with van der Waals surface area (Å²) in [4.78, 5) is 27.7. The van der Waals surface area contributed by atoms with Crippen LogP contribution in [0.5, 0.6) is 28.7 Å². The number of ether oxygens (including phenoxy) is 6. The Bertz CT molecular complexity index is 1160. The molecule has 2 aromatic carbocycles. The van der Waals surface area contributed by atoms with Crippen LogP contribution in [0.2, 0.25) is 0 Å². The summed E-state index contributed by atoms with van der Waals surface area (Å²) < 4.78 is 31.8. The highest BCUT2D eigenvalue weighted by atomic mass is 16.5. The first-order valence-corrected chi connectivity index (χ1v) is 10.2. The number of hydrogen-bond donors (Lipinski definition) is 0. The molecule has 9 heteroatoms. The van der Waals surface area contributed by atoms with Gasteiger partial charge in [0.2, 0.25) is 5.75 Å². The molecule has 0 aromatic heterocycles. The summed E-state index contributed by atoms with van der Waals surface area (Å²) in [5.74, 6) is 1.17. The van der Waals surface area contributed by atoms with Crippen LogP contribution in [-0.4, -0.2) is 54.5 Å². The van der Waals surface area contributed by atoms with Crippen LogP contribution in [0.1, 0.15) is 12.5 Å². The van der Waals surface area contributed by atoms with Crippen LogP contribution in [0.4, 0.5) is 5.69 Å². The lowest BCUT2D eigenvalue weighted by Crippen LogP contribution is -2.24. The summed E-state index contributed by atoms with van der Waals surface area (Å²) in [6, 6.07) is 8.43. The molecule has 1 aliphatic heterocycles. The molecule has 0 unspecified atom stereocenters. The van der Waals surface area contributed by atoms with Crippen molar-refractivity contribution in [1.29, 1.82) is 0 Å². The number of benzene rings is 2. The Morgan fingerprint density at radius 1 is 0.794 bits per heavy atom. The van der Waals surface area contributed by atoms with E-state index >= 15 is 0 Å². The van der Waals surface area contributed by atoms with Crippen molar-refractivity contribution >= 4 is 23.6 Å². The second-order valence-corrected chi connectivity index (χ2v) is 7.15. The van der Waals surface area contributed by atoms with Gasteiger partial charge in [0, 0.05) is 11.8 Å². The maximum atomic E-state index is 13.6. The summed E-state index contributed by atoms with van der Waals surface area (Å²) in [6.07, 6.45) is 1.59. The molecule has 0 spiro atoms. The molecular weight excluding hydrogens is 442 g/mol. The van der Waals surface area contributed by atoms with Gasteiger partial charge >= 0.3 is 5.97 Å². The molecule has 3 rings (SSSR count). The summed E-state index contributed by atoms with van der Waals surface area (Å²) in [5.41, 5.74) is 1.81. The second kappa shape index (κ2) is 10.2. The first-order chi connectivity index (χ1) is 16.3. The van der Waals surface area contributed by atoms with Gasteiger partial charge in [-0.3, -0.25) is 9.69 Å². The van der Waals surface area contributed by atoms with E-state index in [1.807, 2.05) is 0 Å². The Morgan fingerprint density at radius 3 is 1.88 bits per heavy atom. The normalized spacial score (nSPS) is 14.4. The van der Waals surface area contributed by atoms with Crippen LogP contribution in [0.3, 0.4) is 0 Å². The third-order valence-corrected chi connectivity index (χ3v) is 5.41. The van der Waals surface area contributed by atoms with Crippen molar-refractivity contribution in [2.24, 2.45) is 0 Å². The second-order valence-electron chi connectivity index (χ2n) is 7.15. The summed E-state index contributed by atoms with van der Waals surface area (Å²) >= 11 is 0. The summed E-state index contributed by atoms with van der Waals surface area (Å²) in [5, 5.41) is 0. The molecule has 0 N–H and O–H groups in total. The van der Waals surface area contributed by atoms with Crippen LogP contribution in [-0.2, 0) is 14.3 Å². The van der Waals surface area contributed by atoms with Crippen LogP contribution in [0.15, 0.2) is 47.2 Å². The van der Waals surface area contributed by atoms with Crippen LogP contribution >= 0.6 is 0 Å². The van der Waals surface area contributed by atoms with Gasteiger partial charge in [-0.2, -0.15) is 0 Å². The summed E-state index contributed by atoms with van der Waals surface area (Å²) in [6.45, 7) is 1.68. The number of amides is 1. The zero-order valence-corrected chi connectivity index (χ0v) is 20.2. The Balaban J connectivity index is 2.18. The third-order valence-electron chi connectivity index (χ3n) is 5.41. The molecule has 180 valence electrons. The Kier molecular flexibility index (Phi) is 7.35. The predicted molar refractivity (Wildman–Crippen MR) is 126 cm³/mol. The molecule has 1 amide bonds. The van der Waals surface area contributed by atoms with Gasteiger partial charge in [-0.25, -0.2) is 4.79 Å². The van der Waals surface area contributed by atoms with Crippen molar-refractivity contribution in [3.05, 3.63) is 52.7 Å². The van der Waals surface area contributed by atoms with Crippen molar-refractivity contribution in [2.45, 2.75) is 6.92 Å². The van der Waals surface area contributed by atoms with E-state index in [0.717, 1.165) is 0 Å². The quantitative estimate of drug-likeness (QED) is 0.428. The SMILES string of the molecule is COC(=O)C1=C(C)N(c2ccc(OC)c(OC)c2)C(=O)/C1=C\c1cc(OC)c(OC)c(OC)c1. The molecule has 1 heterocycles. The maximum Gasteiger partial charge on any atom is 0.340 e. The smallest absolute Gasteiger partial charge is 0.340 e. The zero-order valence-electron chi connectivity index (χ0n) is 20.2. The van der Waals surface area contributed by atoms with Gasteiger partial charge in [0.25, 0.3) is 5.91 Å². The fourth-order valence-electron chi connectivity index (χ4n) is 3.81. The van der Waals surface area contributed by atoms with Gasteiger partial charge in [0.05, 0.1) is 59.5 Å². The molecule has 0 radical (unpaired) electrons. The average Bonchev–Trinajstić information content (AvgIpc) is 3.10. The van der Waals surface area contributed by atoms with Crippen molar-refractivity contribution in [3.8, 4) is 28.7 Å². The van der Waals surface area contributed by atoms with E-state index in [1.165, 1.54) is 47.6 Å². The Hall–Kier alpha value is -4.14. The zero-order chi connectivity index (χ0) is 25.0. The van der Waals surface area contributed by atoms with E-state index in [-0.39, 0.29) is 11.1 Å². The number of rotatable bonds is 8. The molecule has 9 nitrogen and oxygen atoms in total. The number of nitrogens with zero attached hydrogens (tertiary/aromatic N) is 1. The number of carbonyl (C=O) groups is 2. The number of hydrogen-bond acceptors (Lipinski definition) is 8.